The third kappa shape index (κ3) is 4.94. The first kappa shape index (κ1) is 22.2. The molecule has 3 heterocycles. The number of ether oxygens (including phenoxy) is 2. The van der Waals surface area contributed by atoms with Crippen LogP contribution in [0.2, 0.25) is 0 Å². The first-order valence-corrected chi connectivity index (χ1v) is 10.7. The summed E-state index contributed by atoms with van der Waals surface area (Å²) in [5.41, 5.74) is 1.64. The van der Waals surface area contributed by atoms with Crippen LogP contribution in [0, 0.1) is 25.2 Å². The highest BCUT2D eigenvalue weighted by Gasteiger charge is 2.20. The number of amides is 1. The highest BCUT2D eigenvalue weighted by atomic mass is 16.5. The van der Waals surface area contributed by atoms with Crippen molar-refractivity contribution in [3.8, 4) is 17.7 Å². The Kier molecular flexibility index (Phi) is 6.52. The Bertz CT molecular complexity index is 1310. The van der Waals surface area contributed by atoms with E-state index in [1.807, 2.05) is 38.1 Å². The van der Waals surface area contributed by atoms with E-state index >= 15 is 0 Å². The number of carbonyl (C=O) groups is 1. The van der Waals surface area contributed by atoms with Gasteiger partial charge in [0.25, 0.3) is 11.5 Å². The smallest absolute Gasteiger partial charge is 0.269 e. The molecule has 1 amide bonds. The zero-order valence-electron chi connectivity index (χ0n) is 18.5. The summed E-state index contributed by atoms with van der Waals surface area (Å²) in [6, 6.07) is 12.8. The third-order valence-electron chi connectivity index (χ3n) is 5.45. The van der Waals surface area contributed by atoms with Crippen molar-refractivity contribution in [1.29, 1.82) is 5.26 Å². The number of aromatic nitrogens is 2. The number of nitrogens with one attached hydrogen (secondary N) is 1. The minimum absolute atomic E-state index is 0.0162. The zero-order chi connectivity index (χ0) is 23.4. The molecule has 0 aliphatic carbocycles. The SMILES string of the molecule is Cc1ccc(Oc2nc3c(C)cccn3c(=O)c2/C=C(\C#N)C(=O)NC[C@@H]2CCCO2)cc1. The van der Waals surface area contributed by atoms with Crippen molar-refractivity contribution in [2.45, 2.75) is 32.8 Å². The average Bonchev–Trinajstić information content (AvgIpc) is 3.33. The lowest BCUT2D eigenvalue weighted by Gasteiger charge is -2.12. The number of nitrogens with zero attached hydrogens (tertiary/aromatic N) is 3. The number of carbonyl (C=O) groups excluding carboxylic acids is 1. The number of nitriles is 1. The molecule has 1 atom stereocenters. The van der Waals surface area contributed by atoms with Gasteiger partial charge in [-0.2, -0.15) is 10.2 Å². The van der Waals surface area contributed by atoms with Crippen molar-refractivity contribution < 1.29 is 14.3 Å². The lowest BCUT2D eigenvalue weighted by molar-refractivity contribution is -0.117. The number of aryl methyl sites for hydroxylation is 2. The predicted molar refractivity (Wildman–Crippen MR) is 123 cm³/mol. The lowest BCUT2D eigenvalue weighted by atomic mass is 10.1. The molecule has 3 aromatic rings. The van der Waals surface area contributed by atoms with Gasteiger partial charge in [-0.25, -0.2) is 0 Å². The maximum absolute atomic E-state index is 13.3. The molecule has 0 spiro atoms. The molecular formula is C25H24N4O4. The molecule has 0 unspecified atom stereocenters. The van der Waals surface area contributed by atoms with Crippen LogP contribution in [0.3, 0.4) is 0 Å². The summed E-state index contributed by atoms with van der Waals surface area (Å²) < 4.78 is 12.8. The normalized spacial score (nSPS) is 15.9. The second-order valence-corrected chi connectivity index (χ2v) is 7.95. The number of hydrogen-bond acceptors (Lipinski definition) is 6. The van der Waals surface area contributed by atoms with E-state index in [0.717, 1.165) is 24.0 Å². The van der Waals surface area contributed by atoms with Crippen LogP contribution < -0.4 is 15.6 Å². The maximum atomic E-state index is 13.3. The Morgan fingerprint density at radius 3 is 2.82 bits per heavy atom. The van der Waals surface area contributed by atoms with Gasteiger partial charge in [-0.05, 0) is 56.5 Å². The van der Waals surface area contributed by atoms with E-state index in [9.17, 15) is 14.9 Å². The van der Waals surface area contributed by atoms with Crippen molar-refractivity contribution >= 4 is 17.6 Å². The first-order valence-electron chi connectivity index (χ1n) is 10.7. The fraction of sp³-hybridized carbons (Fsp3) is 0.280. The van der Waals surface area contributed by atoms with E-state index in [1.54, 1.807) is 24.4 Å². The van der Waals surface area contributed by atoms with Gasteiger partial charge in [0, 0.05) is 19.3 Å². The lowest BCUT2D eigenvalue weighted by Crippen LogP contribution is -2.32. The van der Waals surface area contributed by atoms with E-state index in [1.165, 1.54) is 10.5 Å². The van der Waals surface area contributed by atoms with Crippen molar-refractivity contribution in [2.75, 3.05) is 13.2 Å². The fourth-order valence-electron chi connectivity index (χ4n) is 3.61. The molecule has 4 rings (SSSR count). The molecule has 0 radical (unpaired) electrons. The molecule has 8 heteroatoms. The Labute approximate surface area is 191 Å². The van der Waals surface area contributed by atoms with E-state index in [0.29, 0.717) is 24.5 Å². The van der Waals surface area contributed by atoms with Gasteiger partial charge in [0.1, 0.15) is 28.6 Å². The quantitative estimate of drug-likeness (QED) is 0.462. The monoisotopic (exact) mass is 444 g/mol. The minimum atomic E-state index is -0.581. The molecule has 168 valence electrons. The predicted octanol–water partition coefficient (Wildman–Crippen LogP) is 3.31. The number of rotatable bonds is 6. The van der Waals surface area contributed by atoms with Crippen molar-refractivity contribution in [3.05, 3.63) is 75.2 Å². The van der Waals surface area contributed by atoms with E-state index < -0.39 is 11.5 Å². The maximum Gasteiger partial charge on any atom is 0.269 e. The van der Waals surface area contributed by atoms with E-state index in [4.69, 9.17) is 9.47 Å². The molecule has 1 aliphatic heterocycles. The zero-order valence-corrected chi connectivity index (χ0v) is 18.5. The fourth-order valence-corrected chi connectivity index (χ4v) is 3.61. The summed E-state index contributed by atoms with van der Waals surface area (Å²) >= 11 is 0. The third-order valence-corrected chi connectivity index (χ3v) is 5.45. The van der Waals surface area contributed by atoms with Crippen LogP contribution in [0.25, 0.3) is 11.7 Å². The average molecular weight is 444 g/mol. The van der Waals surface area contributed by atoms with E-state index in [2.05, 4.69) is 10.3 Å². The van der Waals surface area contributed by atoms with Gasteiger partial charge in [0.2, 0.25) is 5.88 Å². The summed E-state index contributed by atoms with van der Waals surface area (Å²) in [4.78, 5) is 30.5. The second kappa shape index (κ2) is 9.67. The second-order valence-electron chi connectivity index (χ2n) is 7.95. The molecule has 1 aliphatic rings. The van der Waals surface area contributed by atoms with Crippen LogP contribution in [0.1, 0.15) is 29.5 Å². The first-order chi connectivity index (χ1) is 16.0. The van der Waals surface area contributed by atoms with Crippen molar-refractivity contribution in [3.63, 3.8) is 0 Å². The molecule has 0 bridgehead atoms. The van der Waals surface area contributed by atoms with Gasteiger partial charge >= 0.3 is 0 Å². The van der Waals surface area contributed by atoms with Gasteiger partial charge in [0.05, 0.1) is 6.10 Å². The Morgan fingerprint density at radius 2 is 2.12 bits per heavy atom. The Morgan fingerprint density at radius 1 is 1.33 bits per heavy atom. The molecule has 33 heavy (non-hydrogen) atoms. The van der Waals surface area contributed by atoms with Crippen LogP contribution in [0.5, 0.6) is 11.6 Å². The number of hydrogen-bond donors (Lipinski definition) is 1. The standard InChI is InChI=1S/C25H24N4O4/c1-16-7-9-19(10-8-16)33-24-21(25(31)29-11-3-5-17(2)22(29)28-24)13-18(14-26)23(30)27-15-20-6-4-12-32-20/h3,5,7-11,13,20H,4,6,12,15H2,1-2H3,(H,27,30)/b18-13+/t20-/m0/s1. The molecule has 1 fully saturated rings. The van der Waals surface area contributed by atoms with E-state index in [-0.39, 0.29) is 23.1 Å². The number of benzene rings is 1. The van der Waals surface area contributed by atoms with Gasteiger partial charge < -0.3 is 14.8 Å². The molecule has 0 saturated carbocycles. The van der Waals surface area contributed by atoms with Crippen LogP contribution in [0.4, 0.5) is 0 Å². The summed E-state index contributed by atoms with van der Waals surface area (Å²) in [5.74, 6) is -0.0673. The molecule has 1 aromatic carbocycles. The molecular weight excluding hydrogens is 420 g/mol. The van der Waals surface area contributed by atoms with Crippen LogP contribution in [0.15, 0.2) is 53.0 Å². The summed E-state index contributed by atoms with van der Waals surface area (Å²) in [7, 11) is 0. The van der Waals surface area contributed by atoms with Crippen LogP contribution >= 0.6 is 0 Å². The largest absolute Gasteiger partial charge is 0.438 e. The van der Waals surface area contributed by atoms with Gasteiger partial charge in [-0.15, -0.1) is 0 Å². The van der Waals surface area contributed by atoms with Gasteiger partial charge in [0.15, 0.2) is 0 Å². The van der Waals surface area contributed by atoms with Crippen LogP contribution in [-0.2, 0) is 9.53 Å². The highest BCUT2D eigenvalue weighted by Crippen LogP contribution is 2.25. The minimum Gasteiger partial charge on any atom is -0.438 e. The summed E-state index contributed by atoms with van der Waals surface area (Å²) in [5, 5.41) is 12.3. The van der Waals surface area contributed by atoms with Gasteiger partial charge in [-0.3, -0.25) is 14.0 Å². The van der Waals surface area contributed by atoms with Gasteiger partial charge in [-0.1, -0.05) is 23.8 Å². The van der Waals surface area contributed by atoms with Crippen molar-refractivity contribution in [2.24, 2.45) is 0 Å². The number of fused-ring (bicyclic) bond motifs is 1. The molecule has 1 N–H and O–H groups in total. The molecule has 2 aromatic heterocycles. The Hall–Kier alpha value is -3.96. The molecule has 1 saturated heterocycles. The highest BCUT2D eigenvalue weighted by molar-refractivity contribution is 6.01. The number of pyridine rings is 1. The van der Waals surface area contributed by atoms with Crippen LogP contribution in [-0.4, -0.2) is 34.5 Å². The molecule has 8 nitrogen and oxygen atoms in total. The topological polar surface area (TPSA) is 106 Å². The van der Waals surface area contributed by atoms with Crippen molar-refractivity contribution in [1.82, 2.24) is 14.7 Å². The summed E-state index contributed by atoms with van der Waals surface area (Å²) in [6.07, 6.45) is 4.56. The summed E-state index contributed by atoms with van der Waals surface area (Å²) in [6.45, 7) is 4.77. The Balaban J connectivity index is 1.75.